The molecule has 0 fully saturated rings. The maximum atomic E-state index is 12.5. The Labute approximate surface area is 136 Å². The van der Waals surface area contributed by atoms with Crippen molar-refractivity contribution in [3.8, 4) is 0 Å². The molecule has 1 aromatic rings. The van der Waals surface area contributed by atoms with Crippen LogP contribution in [0.4, 0.5) is 0 Å². The lowest BCUT2D eigenvalue weighted by atomic mass is 9.87. The SMILES string of the molecule is C=CC(=O)NCC(C)N(C)C(=O)CC1CCCc2oc(C)nc21. The summed E-state index contributed by atoms with van der Waals surface area (Å²) in [6.45, 7) is 7.57. The Morgan fingerprint density at radius 2 is 2.30 bits per heavy atom. The van der Waals surface area contributed by atoms with Gasteiger partial charge in [0.05, 0.1) is 5.69 Å². The second-order valence-electron chi connectivity index (χ2n) is 6.14. The van der Waals surface area contributed by atoms with Gasteiger partial charge in [0, 0.05) is 45.3 Å². The van der Waals surface area contributed by atoms with Crippen LogP contribution in [0.5, 0.6) is 0 Å². The van der Waals surface area contributed by atoms with Gasteiger partial charge in [-0.3, -0.25) is 9.59 Å². The fourth-order valence-corrected chi connectivity index (χ4v) is 2.89. The molecule has 0 bridgehead atoms. The Morgan fingerprint density at radius 3 is 3.00 bits per heavy atom. The van der Waals surface area contributed by atoms with E-state index in [1.807, 2.05) is 13.8 Å². The molecular formula is C17H25N3O3. The van der Waals surface area contributed by atoms with Gasteiger partial charge in [0.2, 0.25) is 11.8 Å². The van der Waals surface area contributed by atoms with E-state index in [4.69, 9.17) is 4.42 Å². The summed E-state index contributed by atoms with van der Waals surface area (Å²) in [4.78, 5) is 29.9. The third-order valence-electron chi connectivity index (χ3n) is 4.41. The van der Waals surface area contributed by atoms with Gasteiger partial charge in [0.15, 0.2) is 5.89 Å². The first kappa shape index (κ1) is 17.2. The molecule has 6 heteroatoms. The van der Waals surface area contributed by atoms with Crippen LogP contribution in [0, 0.1) is 6.92 Å². The molecule has 2 rings (SSSR count). The lowest BCUT2D eigenvalue weighted by Crippen LogP contribution is -2.43. The summed E-state index contributed by atoms with van der Waals surface area (Å²) >= 11 is 0. The minimum absolute atomic E-state index is 0.0591. The van der Waals surface area contributed by atoms with Gasteiger partial charge in [-0.1, -0.05) is 6.58 Å². The number of aromatic nitrogens is 1. The van der Waals surface area contributed by atoms with Gasteiger partial charge >= 0.3 is 0 Å². The van der Waals surface area contributed by atoms with E-state index in [-0.39, 0.29) is 23.8 Å². The zero-order valence-corrected chi connectivity index (χ0v) is 14.1. The van der Waals surface area contributed by atoms with E-state index in [0.717, 1.165) is 30.7 Å². The van der Waals surface area contributed by atoms with Gasteiger partial charge in [0.1, 0.15) is 5.76 Å². The number of likely N-dealkylation sites (N-methyl/N-ethyl adjacent to an activating group) is 1. The molecule has 0 aromatic carbocycles. The minimum Gasteiger partial charge on any atom is -0.446 e. The van der Waals surface area contributed by atoms with Crippen molar-refractivity contribution in [2.75, 3.05) is 13.6 Å². The molecular weight excluding hydrogens is 294 g/mol. The highest BCUT2D eigenvalue weighted by molar-refractivity contribution is 5.86. The lowest BCUT2D eigenvalue weighted by molar-refractivity contribution is -0.132. The van der Waals surface area contributed by atoms with E-state index in [2.05, 4.69) is 16.9 Å². The second kappa shape index (κ2) is 7.44. The Hall–Kier alpha value is -2.11. The number of hydrogen-bond donors (Lipinski definition) is 1. The van der Waals surface area contributed by atoms with Gasteiger partial charge in [-0.15, -0.1) is 0 Å². The van der Waals surface area contributed by atoms with Crippen LogP contribution in [-0.4, -0.2) is 41.3 Å². The number of oxazole rings is 1. The van der Waals surface area contributed by atoms with Crippen LogP contribution in [-0.2, 0) is 16.0 Å². The summed E-state index contributed by atoms with van der Waals surface area (Å²) in [7, 11) is 1.77. The Morgan fingerprint density at radius 1 is 1.57 bits per heavy atom. The molecule has 6 nitrogen and oxygen atoms in total. The predicted octanol–water partition coefficient (Wildman–Crippen LogP) is 1.94. The maximum absolute atomic E-state index is 12.5. The van der Waals surface area contributed by atoms with Crippen LogP contribution in [0.1, 0.15) is 49.4 Å². The highest BCUT2D eigenvalue weighted by atomic mass is 16.4. The topological polar surface area (TPSA) is 75.4 Å². The first-order valence-electron chi connectivity index (χ1n) is 8.04. The standard InChI is InChI=1S/C17H25N3O3/c1-5-15(21)18-10-11(2)20(4)16(22)9-13-7-6-8-14-17(13)19-12(3)23-14/h5,11,13H,1,6-10H2,2-4H3,(H,18,21). The number of nitrogens with zero attached hydrogens (tertiary/aromatic N) is 2. The smallest absolute Gasteiger partial charge is 0.243 e. The second-order valence-corrected chi connectivity index (χ2v) is 6.14. The number of amides is 2. The van der Waals surface area contributed by atoms with Crippen LogP contribution in [0.3, 0.4) is 0 Å². The van der Waals surface area contributed by atoms with Crippen LogP contribution >= 0.6 is 0 Å². The average molecular weight is 319 g/mol. The summed E-state index contributed by atoms with van der Waals surface area (Å²) in [6.07, 6.45) is 4.54. The average Bonchev–Trinajstić information content (AvgIpc) is 2.92. The number of nitrogens with one attached hydrogen (secondary N) is 1. The number of aryl methyl sites for hydroxylation is 2. The van der Waals surface area contributed by atoms with Crippen molar-refractivity contribution in [1.29, 1.82) is 0 Å². The molecule has 0 aliphatic heterocycles. The van der Waals surface area contributed by atoms with Crippen molar-refractivity contribution in [3.05, 3.63) is 30.0 Å². The van der Waals surface area contributed by atoms with Crippen molar-refractivity contribution < 1.29 is 14.0 Å². The van der Waals surface area contributed by atoms with Crippen LogP contribution in [0.2, 0.25) is 0 Å². The van der Waals surface area contributed by atoms with Gasteiger partial charge < -0.3 is 14.6 Å². The van der Waals surface area contributed by atoms with Gasteiger partial charge in [-0.2, -0.15) is 0 Å². The molecule has 0 saturated heterocycles. The number of carbonyl (C=O) groups is 2. The number of rotatable bonds is 6. The molecule has 2 amide bonds. The van der Waals surface area contributed by atoms with E-state index >= 15 is 0 Å². The normalized spacial score (nSPS) is 18.0. The molecule has 23 heavy (non-hydrogen) atoms. The van der Waals surface area contributed by atoms with E-state index in [1.54, 1.807) is 11.9 Å². The Bertz CT molecular complexity index is 594. The van der Waals surface area contributed by atoms with Crippen LogP contribution in [0.15, 0.2) is 17.1 Å². The first-order valence-corrected chi connectivity index (χ1v) is 8.04. The summed E-state index contributed by atoms with van der Waals surface area (Å²) in [5.74, 6) is 1.56. The van der Waals surface area contributed by atoms with Gasteiger partial charge in [-0.05, 0) is 25.8 Å². The fourth-order valence-electron chi connectivity index (χ4n) is 2.89. The molecule has 0 spiro atoms. The summed E-state index contributed by atoms with van der Waals surface area (Å²) < 4.78 is 5.61. The van der Waals surface area contributed by atoms with Crippen LogP contribution < -0.4 is 5.32 Å². The molecule has 0 saturated carbocycles. The van der Waals surface area contributed by atoms with Crippen molar-refractivity contribution in [2.45, 2.75) is 51.5 Å². The molecule has 0 radical (unpaired) electrons. The van der Waals surface area contributed by atoms with Gasteiger partial charge in [-0.25, -0.2) is 4.98 Å². The van der Waals surface area contributed by atoms with E-state index in [9.17, 15) is 9.59 Å². The molecule has 1 aromatic heterocycles. The van der Waals surface area contributed by atoms with Crippen molar-refractivity contribution >= 4 is 11.8 Å². The molecule has 1 N–H and O–H groups in total. The highest BCUT2D eigenvalue weighted by Crippen LogP contribution is 2.34. The van der Waals surface area contributed by atoms with E-state index < -0.39 is 0 Å². The molecule has 2 atom stereocenters. The molecule has 126 valence electrons. The monoisotopic (exact) mass is 319 g/mol. The third-order valence-corrected chi connectivity index (χ3v) is 4.41. The molecule has 1 aliphatic rings. The number of hydrogen-bond acceptors (Lipinski definition) is 4. The lowest BCUT2D eigenvalue weighted by Gasteiger charge is -2.27. The number of carbonyl (C=O) groups excluding carboxylic acids is 2. The zero-order chi connectivity index (χ0) is 17.0. The van der Waals surface area contributed by atoms with Crippen molar-refractivity contribution in [3.63, 3.8) is 0 Å². The summed E-state index contributed by atoms with van der Waals surface area (Å²) in [6, 6.07) is -0.0755. The fraction of sp³-hybridized carbons (Fsp3) is 0.588. The summed E-state index contributed by atoms with van der Waals surface area (Å²) in [5.41, 5.74) is 0.947. The quantitative estimate of drug-likeness (QED) is 0.813. The van der Waals surface area contributed by atoms with Crippen molar-refractivity contribution in [2.24, 2.45) is 0 Å². The largest absolute Gasteiger partial charge is 0.446 e. The predicted molar refractivity (Wildman–Crippen MR) is 87.0 cm³/mol. The van der Waals surface area contributed by atoms with E-state index in [0.29, 0.717) is 18.9 Å². The molecule has 1 aliphatic carbocycles. The van der Waals surface area contributed by atoms with Gasteiger partial charge in [0.25, 0.3) is 0 Å². The number of fused-ring (bicyclic) bond motifs is 1. The first-order chi connectivity index (χ1) is 10.9. The minimum atomic E-state index is -0.229. The highest BCUT2D eigenvalue weighted by Gasteiger charge is 2.29. The molecule has 2 unspecified atom stereocenters. The van der Waals surface area contributed by atoms with E-state index in [1.165, 1.54) is 6.08 Å². The van der Waals surface area contributed by atoms with Crippen LogP contribution in [0.25, 0.3) is 0 Å². The Kier molecular flexibility index (Phi) is 5.58. The third kappa shape index (κ3) is 4.21. The van der Waals surface area contributed by atoms with Crippen molar-refractivity contribution in [1.82, 2.24) is 15.2 Å². The molecule has 1 heterocycles. The maximum Gasteiger partial charge on any atom is 0.243 e. The summed E-state index contributed by atoms with van der Waals surface area (Å²) in [5, 5.41) is 2.71. The zero-order valence-electron chi connectivity index (χ0n) is 14.1. The Balaban J connectivity index is 1.93.